The number of hydrogen-bond donors (Lipinski definition) is 0. The Kier molecular flexibility index (Phi) is 11.7. The zero-order valence-electron chi connectivity index (χ0n) is 12.9. The van der Waals surface area contributed by atoms with Crippen LogP contribution in [0.3, 0.4) is 0 Å². The topological polar surface area (TPSA) is 35.5 Å². The zero-order valence-corrected chi connectivity index (χ0v) is 12.9. The van der Waals surface area contributed by atoms with Crippen LogP contribution in [0.1, 0.15) is 65.7 Å². The second kappa shape index (κ2) is 12.2. The van der Waals surface area contributed by atoms with Crippen molar-refractivity contribution in [3.05, 3.63) is 12.2 Å². The smallest absolute Gasteiger partial charge is 0.333 e. The van der Waals surface area contributed by atoms with E-state index in [0.717, 1.165) is 12.8 Å². The molecule has 19 heavy (non-hydrogen) atoms. The third kappa shape index (κ3) is 10.8. The number of hydrogen-bond acceptors (Lipinski definition) is 3. The van der Waals surface area contributed by atoms with Gasteiger partial charge in [0, 0.05) is 5.57 Å². The van der Waals surface area contributed by atoms with Crippen molar-refractivity contribution < 1.29 is 14.3 Å². The van der Waals surface area contributed by atoms with Gasteiger partial charge in [-0.1, -0.05) is 52.5 Å². The molecule has 0 aliphatic rings. The number of unbranched alkanes of at least 4 members (excludes halogenated alkanes) is 4. The van der Waals surface area contributed by atoms with E-state index in [0.29, 0.717) is 24.9 Å². The quantitative estimate of drug-likeness (QED) is 0.302. The maximum Gasteiger partial charge on any atom is 0.333 e. The van der Waals surface area contributed by atoms with Gasteiger partial charge in [0.15, 0.2) is 0 Å². The summed E-state index contributed by atoms with van der Waals surface area (Å²) in [5.41, 5.74) is 0.433. The molecular formula is C16H30O3. The van der Waals surface area contributed by atoms with Crippen molar-refractivity contribution in [3.63, 3.8) is 0 Å². The minimum atomic E-state index is -0.337. The lowest BCUT2D eigenvalue weighted by Gasteiger charge is -2.16. The molecule has 0 aromatic carbocycles. The summed E-state index contributed by atoms with van der Waals surface area (Å²) in [5, 5.41) is 0. The molecule has 0 aliphatic heterocycles. The molecule has 0 aromatic heterocycles. The molecule has 0 N–H and O–H groups in total. The Morgan fingerprint density at radius 2 is 1.79 bits per heavy atom. The number of esters is 1. The summed E-state index contributed by atoms with van der Waals surface area (Å²) in [6, 6.07) is 0. The first-order valence-corrected chi connectivity index (χ1v) is 7.56. The van der Waals surface area contributed by atoms with Crippen LogP contribution in [0.15, 0.2) is 12.2 Å². The van der Waals surface area contributed by atoms with Gasteiger partial charge in [-0.05, 0) is 19.8 Å². The van der Waals surface area contributed by atoms with Gasteiger partial charge in [0.25, 0.3) is 0 Å². The molecule has 112 valence electrons. The fraction of sp³-hybridized carbons (Fsp3) is 0.812. The van der Waals surface area contributed by atoms with Crippen LogP contribution in [0.2, 0.25) is 0 Å². The van der Waals surface area contributed by atoms with Crippen LogP contribution in [0.4, 0.5) is 0 Å². The Balaban J connectivity index is 3.53. The van der Waals surface area contributed by atoms with Crippen LogP contribution >= 0.6 is 0 Å². The Morgan fingerprint density at radius 1 is 1.11 bits per heavy atom. The minimum absolute atomic E-state index is 0.296. The van der Waals surface area contributed by atoms with E-state index in [4.69, 9.17) is 9.47 Å². The normalized spacial score (nSPS) is 12.2. The fourth-order valence-electron chi connectivity index (χ4n) is 1.85. The number of carbonyl (C=O) groups excluding carboxylic acids is 1. The van der Waals surface area contributed by atoms with E-state index >= 15 is 0 Å². The highest BCUT2D eigenvalue weighted by atomic mass is 16.6. The highest BCUT2D eigenvalue weighted by molar-refractivity contribution is 5.86. The highest BCUT2D eigenvalue weighted by Crippen LogP contribution is 2.11. The molecule has 0 aromatic rings. The molecule has 0 rings (SSSR count). The highest BCUT2D eigenvalue weighted by Gasteiger charge is 2.07. The van der Waals surface area contributed by atoms with E-state index in [9.17, 15) is 4.79 Å². The Labute approximate surface area is 118 Å². The summed E-state index contributed by atoms with van der Waals surface area (Å²) in [4.78, 5) is 11.2. The summed E-state index contributed by atoms with van der Waals surface area (Å²) < 4.78 is 10.7. The van der Waals surface area contributed by atoms with Gasteiger partial charge in [-0.15, -0.1) is 0 Å². The summed E-state index contributed by atoms with van der Waals surface area (Å²) in [6.45, 7) is 10.3. The second-order valence-electron chi connectivity index (χ2n) is 5.02. The summed E-state index contributed by atoms with van der Waals surface area (Å²) in [5.74, 6) is -0.337. The lowest BCUT2D eigenvalue weighted by molar-refractivity contribution is -0.141. The maximum atomic E-state index is 11.2. The summed E-state index contributed by atoms with van der Waals surface area (Å²) >= 11 is 0. The van der Waals surface area contributed by atoms with Gasteiger partial charge in [0.2, 0.25) is 0 Å². The number of carbonyl (C=O) groups is 1. The monoisotopic (exact) mass is 270 g/mol. The lowest BCUT2D eigenvalue weighted by Crippen LogP contribution is -2.17. The average Bonchev–Trinajstić information content (AvgIpc) is 2.40. The van der Waals surface area contributed by atoms with Crippen molar-refractivity contribution in [1.29, 1.82) is 0 Å². The van der Waals surface area contributed by atoms with Gasteiger partial charge >= 0.3 is 5.97 Å². The molecule has 0 aliphatic carbocycles. The molecule has 1 unspecified atom stereocenters. The molecular weight excluding hydrogens is 240 g/mol. The molecule has 3 heteroatoms. The predicted octanol–water partition coefficient (Wildman–Crippen LogP) is 4.26. The first-order valence-electron chi connectivity index (χ1n) is 7.56. The molecule has 0 radical (unpaired) electrons. The average molecular weight is 270 g/mol. The van der Waals surface area contributed by atoms with E-state index < -0.39 is 0 Å². The summed E-state index contributed by atoms with van der Waals surface area (Å²) in [7, 11) is 0. The number of rotatable bonds is 12. The molecule has 1 atom stereocenters. The Bertz CT molecular complexity index is 248. The standard InChI is InChI=1S/C16H30O3/c1-5-7-8-9-10-11-15(6-2)18-12-13-19-16(17)14(3)4/h15H,3,5-13H2,1-2,4H3. The van der Waals surface area contributed by atoms with Crippen LogP contribution in [0, 0.1) is 0 Å². The van der Waals surface area contributed by atoms with Crippen molar-refractivity contribution in [2.45, 2.75) is 71.8 Å². The largest absolute Gasteiger partial charge is 0.460 e. The summed E-state index contributed by atoms with van der Waals surface area (Å²) in [6.07, 6.45) is 8.86. The minimum Gasteiger partial charge on any atom is -0.460 e. The molecule has 0 heterocycles. The maximum absolute atomic E-state index is 11.2. The zero-order chi connectivity index (χ0) is 14.5. The molecule has 0 saturated carbocycles. The number of ether oxygens (including phenoxy) is 2. The SMILES string of the molecule is C=C(C)C(=O)OCCOC(CC)CCCCCCC. The first-order chi connectivity index (χ1) is 9.11. The molecule has 0 amide bonds. The van der Waals surface area contributed by atoms with Crippen molar-refractivity contribution in [1.82, 2.24) is 0 Å². The van der Waals surface area contributed by atoms with E-state index in [2.05, 4.69) is 20.4 Å². The van der Waals surface area contributed by atoms with E-state index in [1.807, 2.05) is 0 Å². The van der Waals surface area contributed by atoms with Crippen molar-refractivity contribution >= 4 is 5.97 Å². The van der Waals surface area contributed by atoms with Gasteiger partial charge in [-0.3, -0.25) is 0 Å². The van der Waals surface area contributed by atoms with Gasteiger partial charge < -0.3 is 9.47 Å². The van der Waals surface area contributed by atoms with Crippen LogP contribution < -0.4 is 0 Å². The van der Waals surface area contributed by atoms with Crippen molar-refractivity contribution in [2.24, 2.45) is 0 Å². The Hall–Kier alpha value is -0.830. The van der Waals surface area contributed by atoms with Crippen LogP contribution in [0.25, 0.3) is 0 Å². The van der Waals surface area contributed by atoms with Gasteiger partial charge in [0.1, 0.15) is 6.61 Å². The van der Waals surface area contributed by atoms with Gasteiger partial charge in [0.05, 0.1) is 12.7 Å². The van der Waals surface area contributed by atoms with Crippen molar-refractivity contribution in [2.75, 3.05) is 13.2 Å². The van der Waals surface area contributed by atoms with Gasteiger partial charge in [-0.2, -0.15) is 0 Å². The fourth-order valence-corrected chi connectivity index (χ4v) is 1.85. The third-order valence-electron chi connectivity index (χ3n) is 3.10. The predicted molar refractivity (Wildman–Crippen MR) is 79.2 cm³/mol. The van der Waals surface area contributed by atoms with E-state index in [-0.39, 0.29) is 5.97 Å². The van der Waals surface area contributed by atoms with Crippen LogP contribution in [0.5, 0.6) is 0 Å². The molecule has 0 saturated heterocycles. The molecule has 0 bridgehead atoms. The van der Waals surface area contributed by atoms with Crippen LogP contribution in [-0.4, -0.2) is 25.3 Å². The van der Waals surface area contributed by atoms with Gasteiger partial charge in [-0.25, -0.2) is 4.79 Å². The lowest BCUT2D eigenvalue weighted by atomic mass is 10.1. The molecule has 0 spiro atoms. The molecule has 3 nitrogen and oxygen atoms in total. The second-order valence-corrected chi connectivity index (χ2v) is 5.02. The van der Waals surface area contributed by atoms with E-state index in [1.165, 1.54) is 32.1 Å². The van der Waals surface area contributed by atoms with E-state index in [1.54, 1.807) is 6.92 Å². The van der Waals surface area contributed by atoms with Crippen LogP contribution in [-0.2, 0) is 14.3 Å². The van der Waals surface area contributed by atoms with Crippen molar-refractivity contribution in [3.8, 4) is 0 Å². The first kappa shape index (κ1) is 18.2. The molecule has 0 fully saturated rings. The Morgan fingerprint density at radius 3 is 2.37 bits per heavy atom. The third-order valence-corrected chi connectivity index (χ3v) is 3.10.